The predicted molar refractivity (Wildman–Crippen MR) is 84.9 cm³/mol. The van der Waals surface area contributed by atoms with Crippen LogP contribution in [0.15, 0.2) is 48.5 Å². The van der Waals surface area contributed by atoms with Gasteiger partial charge in [0.2, 0.25) is 5.91 Å². The molecule has 4 nitrogen and oxygen atoms in total. The van der Waals surface area contributed by atoms with Crippen molar-refractivity contribution in [2.24, 2.45) is 5.73 Å². The molecular weight excluding hydrogens is 286 g/mol. The van der Waals surface area contributed by atoms with Crippen molar-refractivity contribution in [3.8, 4) is 11.5 Å². The molecule has 0 saturated heterocycles. The largest absolute Gasteiger partial charge is 0.497 e. The van der Waals surface area contributed by atoms with E-state index < -0.39 is 10.7 Å². The molecule has 0 unspecified atom stereocenters. The average molecular weight is 303 g/mol. The van der Waals surface area contributed by atoms with Crippen molar-refractivity contribution in [2.75, 3.05) is 14.2 Å². The Bertz CT molecular complexity index is 575. The molecule has 2 aromatic rings. The van der Waals surface area contributed by atoms with Crippen LogP contribution >= 0.6 is 12.6 Å². The number of amides is 1. The lowest BCUT2D eigenvalue weighted by Crippen LogP contribution is -2.37. The summed E-state index contributed by atoms with van der Waals surface area (Å²) in [6.07, 6.45) is 0. The van der Waals surface area contributed by atoms with Gasteiger partial charge in [0.25, 0.3) is 0 Å². The van der Waals surface area contributed by atoms with Gasteiger partial charge in [0.1, 0.15) is 16.2 Å². The average Bonchev–Trinajstić information content (AvgIpc) is 2.54. The molecule has 21 heavy (non-hydrogen) atoms. The van der Waals surface area contributed by atoms with E-state index in [1.165, 1.54) is 0 Å². The Morgan fingerprint density at radius 3 is 1.48 bits per heavy atom. The quantitative estimate of drug-likeness (QED) is 0.834. The minimum atomic E-state index is -1.21. The Morgan fingerprint density at radius 2 is 1.24 bits per heavy atom. The van der Waals surface area contributed by atoms with Gasteiger partial charge >= 0.3 is 0 Å². The molecule has 0 radical (unpaired) electrons. The van der Waals surface area contributed by atoms with Gasteiger partial charge in [-0.2, -0.15) is 12.6 Å². The van der Waals surface area contributed by atoms with Crippen molar-refractivity contribution in [1.82, 2.24) is 0 Å². The fourth-order valence-electron chi connectivity index (χ4n) is 2.12. The van der Waals surface area contributed by atoms with E-state index in [2.05, 4.69) is 12.6 Å². The zero-order valence-electron chi connectivity index (χ0n) is 11.9. The molecule has 0 heterocycles. The second-order valence-corrected chi connectivity index (χ2v) is 5.20. The van der Waals surface area contributed by atoms with Crippen molar-refractivity contribution in [2.45, 2.75) is 4.75 Å². The van der Waals surface area contributed by atoms with Crippen molar-refractivity contribution in [3.05, 3.63) is 59.7 Å². The molecule has 2 aromatic carbocycles. The maximum atomic E-state index is 12.0. The molecule has 0 fully saturated rings. The lowest BCUT2D eigenvalue weighted by molar-refractivity contribution is -0.119. The molecule has 0 aliphatic heterocycles. The van der Waals surface area contributed by atoms with Gasteiger partial charge < -0.3 is 15.2 Å². The minimum absolute atomic E-state index is 0.541. The highest BCUT2D eigenvalue weighted by Gasteiger charge is 2.36. The van der Waals surface area contributed by atoms with E-state index in [4.69, 9.17) is 15.2 Å². The van der Waals surface area contributed by atoms with Crippen molar-refractivity contribution in [1.29, 1.82) is 0 Å². The SMILES string of the molecule is COc1ccc(C(S)(C(N)=O)c2ccc(OC)cc2)cc1. The third-order valence-electron chi connectivity index (χ3n) is 3.37. The van der Waals surface area contributed by atoms with E-state index in [1.807, 2.05) is 0 Å². The lowest BCUT2D eigenvalue weighted by Gasteiger charge is -2.26. The topological polar surface area (TPSA) is 61.5 Å². The lowest BCUT2D eigenvalue weighted by atomic mass is 9.89. The standard InChI is InChI=1S/C16H17NO3S/c1-19-13-7-3-11(4-8-13)16(21,15(17)18)12-5-9-14(20-2)10-6-12/h3-10,21H,1-2H3,(H2,17,18). The number of thiol groups is 1. The molecule has 0 saturated carbocycles. The maximum Gasteiger partial charge on any atom is 0.242 e. The monoisotopic (exact) mass is 303 g/mol. The smallest absolute Gasteiger partial charge is 0.242 e. The summed E-state index contributed by atoms with van der Waals surface area (Å²) in [5.74, 6) is 0.864. The molecule has 1 amide bonds. The second kappa shape index (κ2) is 6.10. The highest BCUT2D eigenvalue weighted by atomic mass is 32.1. The summed E-state index contributed by atoms with van der Waals surface area (Å²) in [4.78, 5) is 12.0. The predicted octanol–water partition coefficient (Wildman–Crippen LogP) is 2.36. The van der Waals surface area contributed by atoms with Gasteiger partial charge in [0, 0.05) is 0 Å². The molecular formula is C16H17NO3S. The first kappa shape index (κ1) is 15.3. The van der Waals surface area contributed by atoms with E-state index >= 15 is 0 Å². The summed E-state index contributed by atoms with van der Waals surface area (Å²) >= 11 is 4.56. The van der Waals surface area contributed by atoms with E-state index in [1.54, 1.807) is 62.8 Å². The third kappa shape index (κ3) is 2.83. The van der Waals surface area contributed by atoms with E-state index in [-0.39, 0.29) is 0 Å². The number of nitrogens with two attached hydrogens (primary N) is 1. The minimum Gasteiger partial charge on any atom is -0.497 e. The van der Waals surface area contributed by atoms with Crippen LogP contribution in [0.4, 0.5) is 0 Å². The van der Waals surface area contributed by atoms with Crippen LogP contribution in [0.1, 0.15) is 11.1 Å². The zero-order valence-corrected chi connectivity index (χ0v) is 12.8. The summed E-state index contributed by atoms with van der Waals surface area (Å²) in [6, 6.07) is 14.2. The first-order valence-corrected chi connectivity index (χ1v) is 6.78. The summed E-state index contributed by atoms with van der Waals surface area (Å²) in [6.45, 7) is 0. The first-order valence-electron chi connectivity index (χ1n) is 6.33. The van der Waals surface area contributed by atoms with Gasteiger partial charge in [0.15, 0.2) is 0 Å². The zero-order chi connectivity index (χ0) is 15.5. The fourth-order valence-corrected chi connectivity index (χ4v) is 2.41. The van der Waals surface area contributed by atoms with Crippen LogP contribution in [0.25, 0.3) is 0 Å². The first-order chi connectivity index (χ1) is 10.0. The Balaban J connectivity index is 2.50. The highest BCUT2D eigenvalue weighted by molar-refractivity contribution is 7.82. The summed E-state index contributed by atoms with van der Waals surface area (Å²) in [7, 11) is 3.17. The fraction of sp³-hybridized carbons (Fsp3) is 0.188. The van der Waals surface area contributed by atoms with Crippen LogP contribution in [0, 0.1) is 0 Å². The van der Waals surface area contributed by atoms with Gasteiger partial charge in [-0.1, -0.05) is 24.3 Å². The van der Waals surface area contributed by atoms with Crippen molar-refractivity contribution in [3.63, 3.8) is 0 Å². The number of rotatable bonds is 5. The van der Waals surface area contributed by atoms with Gasteiger partial charge in [-0.25, -0.2) is 0 Å². The molecule has 0 atom stereocenters. The molecule has 0 aromatic heterocycles. The number of hydrogen-bond donors (Lipinski definition) is 2. The van der Waals surface area contributed by atoms with Crippen molar-refractivity contribution < 1.29 is 14.3 Å². The number of carbonyl (C=O) groups is 1. The summed E-state index contributed by atoms with van der Waals surface area (Å²) in [5, 5.41) is 0. The van der Waals surface area contributed by atoms with Crippen LogP contribution in [0.5, 0.6) is 11.5 Å². The van der Waals surface area contributed by atoms with Gasteiger partial charge in [0.05, 0.1) is 14.2 Å². The molecule has 110 valence electrons. The van der Waals surface area contributed by atoms with Gasteiger partial charge in [-0.3, -0.25) is 4.79 Å². The Hall–Kier alpha value is -2.14. The van der Waals surface area contributed by atoms with Crippen LogP contribution in [0.3, 0.4) is 0 Å². The molecule has 0 aliphatic carbocycles. The number of primary amides is 1. The highest BCUT2D eigenvalue weighted by Crippen LogP contribution is 2.37. The number of methoxy groups -OCH3 is 2. The molecule has 0 bridgehead atoms. The number of carbonyl (C=O) groups excluding carboxylic acids is 1. The Kier molecular flexibility index (Phi) is 4.43. The van der Waals surface area contributed by atoms with Gasteiger partial charge in [-0.15, -0.1) is 0 Å². The molecule has 5 heteroatoms. The molecule has 0 spiro atoms. The van der Waals surface area contributed by atoms with E-state index in [0.29, 0.717) is 22.6 Å². The number of benzene rings is 2. The maximum absolute atomic E-state index is 12.0. The molecule has 2 N–H and O–H groups in total. The molecule has 0 aliphatic rings. The normalized spacial score (nSPS) is 11.0. The van der Waals surface area contributed by atoms with Gasteiger partial charge in [-0.05, 0) is 35.4 Å². The third-order valence-corrected chi connectivity index (χ3v) is 4.11. The summed E-state index contributed by atoms with van der Waals surface area (Å²) in [5.41, 5.74) is 6.97. The van der Waals surface area contributed by atoms with Crippen LogP contribution < -0.4 is 15.2 Å². The molecule has 2 rings (SSSR count). The Labute approximate surface area is 129 Å². The number of hydrogen-bond acceptors (Lipinski definition) is 4. The van der Waals surface area contributed by atoms with Crippen LogP contribution in [0.2, 0.25) is 0 Å². The van der Waals surface area contributed by atoms with E-state index in [9.17, 15) is 4.79 Å². The number of ether oxygens (including phenoxy) is 2. The second-order valence-electron chi connectivity index (χ2n) is 4.53. The summed E-state index contributed by atoms with van der Waals surface area (Å²) < 4.78 is 9.03. The van der Waals surface area contributed by atoms with Crippen LogP contribution in [-0.2, 0) is 9.54 Å². The van der Waals surface area contributed by atoms with E-state index in [0.717, 1.165) is 0 Å². The van der Waals surface area contributed by atoms with Crippen LogP contribution in [-0.4, -0.2) is 20.1 Å². The van der Waals surface area contributed by atoms with Crippen molar-refractivity contribution >= 4 is 18.5 Å². The Morgan fingerprint density at radius 1 is 0.905 bits per heavy atom.